The zero-order chi connectivity index (χ0) is 5.15. The molecule has 0 aromatic heterocycles. The van der Waals surface area contributed by atoms with Crippen LogP contribution >= 0.6 is 0 Å². The van der Waals surface area contributed by atoms with Crippen molar-refractivity contribution in [2.24, 2.45) is 0 Å². The summed E-state index contributed by atoms with van der Waals surface area (Å²) < 4.78 is 0. The van der Waals surface area contributed by atoms with Crippen LogP contribution in [0.5, 0.6) is 0 Å². The van der Waals surface area contributed by atoms with Gasteiger partial charge in [0, 0.05) is 17.1 Å². The molecule has 6 heteroatoms. The van der Waals surface area contributed by atoms with Crippen LogP contribution < -0.4 is 10.2 Å². The Kier molecular flexibility index (Phi) is 13.7. The second-order valence-corrected chi connectivity index (χ2v) is 0.575. The molecule has 0 unspecified atom stereocenters. The quantitative estimate of drug-likeness (QED) is 0.299. The van der Waals surface area contributed by atoms with Crippen LogP contribution in [0.2, 0.25) is 0 Å². The molecule has 0 fully saturated rings. The summed E-state index contributed by atoms with van der Waals surface area (Å²) in [5.74, 6) is -4.37. The third-order valence-corrected chi connectivity index (χ3v) is 0.167. The van der Waals surface area contributed by atoms with E-state index in [4.69, 9.17) is 19.8 Å². The van der Waals surface area contributed by atoms with Crippen molar-refractivity contribution in [1.29, 1.82) is 0 Å². The smallest absolute Gasteiger partial charge is 0.543 e. The maximum atomic E-state index is 8.93. The fourth-order valence-corrected chi connectivity index (χ4v) is 0. The molecular formula is C2FeMnO4. The molecule has 47 valence electrons. The van der Waals surface area contributed by atoms with E-state index < -0.39 is 11.9 Å². The van der Waals surface area contributed by atoms with Gasteiger partial charge < -0.3 is 19.8 Å². The number of carboxylic acid groups (broad SMARTS) is 2. The van der Waals surface area contributed by atoms with Gasteiger partial charge in [-0.3, -0.25) is 0 Å². The molecular weight excluding hydrogens is 199 g/mol. The summed E-state index contributed by atoms with van der Waals surface area (Å²) in [6.45, 7) is 0. The van der Waals surface area contributed by atoms with Crippen molar-refractivity contribution in [3.8, 4) is 0 Å². The topological polar surface area (TPSA) is 80.3 Å². The SMILES string of the molecule is O=C([O-])C(=O)[O-].[Fe+2].[Mn]. The fraction of sp³-hybridized carbons (Fsp3) is 0. The van der Waals surface area contributed by atoms with Crippen LogP contribution in [0.3, 0.4) is 0 Å². The predicted molar refractivity (Wildman–Crippen MR) is 10.0 cm³/mol. The summed E-state index contributed by atoms with van der Waals surface area (Å²) in [6, 6.07) is 0. The Morgan fingerprint density at radius 2 is 1.12 bits per heavy atom. The van der Waals surface area contributed by atoms with Crippen molar-refractivity contribution in [3.63, 3.8) is 0 Å². The van der Waals surface area contributed by atoms with Gasteiger partial charge in [0.25, 0.3) is 0 Å². The van der Waals surface area contributed by atoms with Crippen molar-refractivity contribution in [2.45, 2.75) is 0 Å². The van der Waals surface area contributed by atoms with Gasteiger partial charge in [-0.1, -0.05) is 0 Å². The number of rotatable bonds is 0. The second kappa shape index (κ2) is 6.98. The summed E-state index contributed by atoms with van der Waals surface area (Å²) in [7, 11) is 0. The zero-order valence-corrected chi connectivity index (χ0v) is 5.65. The normalized spacial score (nSPS) is 5.50. The summed E-state index contributed by atoms with van der Waals surface area (Å²) >= 11 is 0. The van der Waals surface area contributed by atoms with E-state index in [1.165, 1.54) is 0 Å². The van der Waals surface area contributed by atoms with Crippen molar-refractivity contribution in [1.82, 2.24) is 0 Å². The number of aliphatic carboxylic acids is 2. The Bertz CT molecular complexity index is 80.0. The van der Waals surface area contributed by atoms with Crippen LogP contribution in [-0.2, 0) is 43.7 Å². The molecule has 0 heterocycles. The first-order valence-electron chi connectivity index (χ1n) is 1.07. The molecule has 0 saturated heterocycles. The molecule has 8 heavy (non-hydrogen) atoms. The van der Waals surface area contributed by atoms with Gasteiger partial charge in [-0.25, -0.2) is 0 Å². The average molecular weight is 199 g/mol. The van der Waals surface area contributed by atoms with E-state index in [0.717, 1.165) is 0 Å². The maximum Gasteiger partial charge on any atom is 2.00 e. The molecule has 0 aromatic carbocycles. The minimum Gasteiger partial charge on any atom is -0.543 e. The summed E-state index contributed by atoms with van der Waals surface area (Å²) in [6.07, 6.45) is 0. The van der Waals surface area contributed by atoms with Crippen molar-refractivity contribution in [3.05, 3.63) is 0 Å². The van der Waals surface area contributed by atoms with Gasteiger partial charge in [0.15, 0.2) is 0 Å². The molecule has 0 spiro atoms. The second-order valence-electron chi connectivity index (χ2n) is 0.575. The van der Waals surface area contributed by atoms with Crippen LogP contribution in [0.15, 0.2) is 0 Å². The largest absolute Gasteiger partial charge is 2.00 e. The molecule has 0 rings (SSSR count). The molecule has 4 nitrogen and oxygen atoms in total. The van der Waals surface area contributed by atoms with Crippen LogP contribution in [0.25, 0.3) is 0 Å². The Morgan fingerprint density at radius 1 is 1.00 bits per heavy atom. The zero-order valence-electron chi connectivity index (χ0n) is 3.36. The van der Waals surface area contributed by atoms with E-state index in [2.05, 4.69) is 0 Å². The molecule has 0 aromatic rings. The van der Waals surface area contributed by atoms with Crippen LogP contribution in [0, 0.1) is 0 Å². The molecule has 0 atom stereocenters. The van der Waals surface area contributed by atoms with E-state index in [1.54, 1.807) is 0 Å². The van der Waals surface area contributed by atoms with Gasteiger partial charge in [0.2, 0.25) is 0 Å². The molecule has 0 N–H and O–H groups in total. The summed E-state index contributed by atoms with van der Waals surface area (Å²) in [5, 5.41) is 17.9. The maximum absolute atomic E-state index is 8.93. The van der Waals surface area contributed by atoms with Crippen molar-refractivity contribution in [2.75, 3.05) is 0 Å². The standard InChI is InChI=1S/C2H2O4.Fe.Mn/c3-1(4)2(5)6;;/h(H,3,4)(H,5,6);;/q;+2;/p-2. The first-order chi connectivity index (χ1) is 2.64. The molecule has 0 aliphatic heterocycles. The molecule has 1 radical (unpaired) electrons. The third kappa shape index (κ3) is 9.36. The number of carboxylic acids is 2. The van der Waals surface area contributed by atoms with Crippen molar-refractivity contribution < 1.29 is 53.9 Å². The summed E-state index contributed by atoms with van der Waals surface area (Å²) in [5.41, 5.74) is 0. The predicted octanol–water partition coefficient (Wildman–Crippen LogP) is -3.52. The van der Waals surface area contributed by atoms with Crippen LogP contribution in [-0.4, -0.2) is 11.9 Å². The third-order valence-electron chi connectivity index (χ3n) is 0.167. The molecule has 0 bridgehead atoms. The first kappa shape index (κ1) is 15.7. The van der Waals surface area contributed by atoms with Gasteiger partial charge in [-0.2, -0.15) is 0 Å². The van der Waals surface area contributed by atoms with Crippen LogP contribution in [0.1, 0.15) is 0 Å². The van der Waals surface area contributed by atoms with E-state index in [0.29, 0.717) is 0 Å². The van der Waals surface area contributed by atoms with E-state index in [9.17, 15) is 0 Å². The number of carbonyl (C=O) groups excluding carboxylic acids is 2. The summed E-state index contributed by atoms with van der Waals surface area (Å²) in [4.78, 5) is 17.9. The molecule has 0 aliphatic carbocycles. The molecule has 0 aliphatic rings. The van der Waals surface area contributed by atoms with Gasteiger partial charge in [-0.05, 0) is 0 Å². The van der Waals surface area contributed by atoms with Gasteiger partial charge in [-0.15, -0.1) is 0 Å². The van der Waals surface area contributed by atoms with Gasteiger partial charge in [0.1, 0.15) is 0 Å². The van der Waals surface area contributed by atoms with Crippen LogP contribution in [0.4, 0.5) is 0 Å². The molecule has 0 amide bonds. The molecule has 0 saturated carbocycles. The Balaban J connectivity index is -0.000000125. The first-order valence-corrected chi connectivity index (χ1v) is 1.07. The van der Waals surface area contributed by atoms with Gasteiger partial charge >= 0.3 is 17.1 Å². The fourth-order valence-electron chi connectivity index (χ4n) is 0. The minimum atomic E-state index is -2.19. The van der Waals surface area contributed by atoms with E-state index >= 15 is 0 Å². The van der Waals surface area contributed by atoms with E-state index in [1.807, 2.05) is 0 Å². The monoisotopic (exact) mass is 199 g/mol. The van der Waals surface area contributed by atoms with E-state index in [-0.39, 0.29) is 34.1 Å². The number of carbonyl (C=O) groups is 2. The minimum absolute atomic E-state index is 0. The van der Waals surface area contributed by atoms with Gasteiger partial charge in [0.05, 0.1) is 11.9 Å². The average Bonchev–Trinajstić information content (AvgIpc) is 1.36. The van der Waals surface area contributed by atoms with Crippen molar-refractivity contribution >= 4 is 11.9 Å². The Morgan fingerprint density at radius 3 is 1.12 bits per heavy atom. The Hall–Kier alpha value is -0.0210. The number of hydrogen-bond acceptors (Lipinski definition) is 4. The number of hydrogen-bond donors (Lipinski definition) is 0. The Labute approximate surface area is 66.2 Å².